The van der Waals surface area contributed by atoms with E-state index in [2.05, 4.69) is 16.6 Å². The van der Waals surface area contributed by atoms with E-state index < -0.39 is 5.97 Å². The van der Waals surface area contributed by atoms with E-state index in [9.17, 15) is 9.59 Å². The van der Waals surface area contributed by atoms with E-state index in [1.165, 1.54) is 6.92 Å². The molecule has 1 aromatic rings. The van der Waals surface area contributed by atoms with Crippen LogP contribution >= 0.6 is 0 Å². The summed E-state index contributed by atoms with van der Waals surface area (Å²) in [4.78, 5) is 22.2. The Kier molecular flexibility index (Phi) is 4.47. The second-order valence-electron chi connectivity index (χ2n) is 3.56. The van der Waals surface area contributed by atoms with Crippen molar-refractivity contribution in [2.24, 2.45) is 0 Å². The maximum atomic E-state index is 11.2. The standard InChI is InChI=1S/C14H14O3/c1-4-17-14(16)8-6-12-5-7-13(11(3)15)10(2)9-12/h5,7,9H,4H2,1-3H3. The van der Waals surface area contributed by atoms with E-state index in [0.717, 1.165) is 5.56 Å². The van der Waals surface area contributed by atoms with E-state index in [0.29, 0.717) is 17.7 Å². The molecule has 0 amide bonds. The van der Waals surface area contributed by atoms with E-state index >= 15 is 0 Å². The monoisotopic (exact) mass is 230 g/mol. The Bertz CT molecular complexity index is 504. The van der Waals surface area contributed by atoms with Crippen molar-refractivity contribution in [3.05, 3.63) is 34.9 Å². The predicted octanol–water partition coefficient (Wildman–Crippen LogP) is 2.11. The Balaban J connectivity index is 2.91. The summed E-state index contributed by atoms with van der Waals surface area (Å²) in [6, 6.07) is 5.21. The third kappa shape index (κ3) is 3.76. The molecule has 0 N–H and O–H groups in total. The number of hydrogen-bond donors (Lipinski definition) is 0. The molecule has 0 spiro atoms. The average Bonchev–Trinajstić information content (AvgIpc) is 2.26. The van der Waals surface area contributed by atoms with Gasteiger partial charge in [0, 0.05) is 17.0 Å². The molecule has 3 nitrogen and oxygen atoms in total. The van der Waals surface area contributed by atoms with Crippen molar-refractivity contribution in [3.63, 3.8) is 0 Å². The van der Waals surface area contributed by atoms with Crippen LogP contribution in [-0.2, 0) is 9.53 Å². The number of rotatable bonds is 2. The van der Waals surface area contributed by atoms with Crippen molar-refractivity contribution >= 4 is 11.8 Å². The highest BCUT2D eigenvalue weighted by atomic mass is 16.5. The minimum absolute atomic E-state index is 0.0207. The van der Waals surface area contributed by atoms with Gasteiger partial charge < -0.3 is 4.74 Å². The van der Waals surface area contributed by atoms with Crippen molar-refractivity contribution < 1.29 is 14.3 Å². The Morgan fingerprint density at radius 2 is 2.06 bits per heavy atom. The molecule has 0 unspecified atom stereocenters. The zero-order valence-electron chi connectivity index (χ0n) is 10.2. The highest BCUT2D eigenvalue weighted by molar-refractivity contribution is 5.95. The third-order valence-corrected chi connectivity index (χ3v) is 2.19. The van der Waals surface area contributed by atoms with Crippen molar-refractivity contribution in [2.45, 2.75) is 20.8 Å². The van der Waals surface area contributed by atoms with E-state index in [1.807, 2.05) is 6.92 Å². The van der Waals surface area contributed by atoms with Gasteiger partial charge in [-0.2, -0.15) is 0 Å². The Morgan fingerprint density at radius 1 is 1.35 bits per heavy atom. The molecule has 0 aromatic heterocycles. The number of benzene rings is 1. The van der Waals surface area contributed by atoms with Crippen LogP contribution in [0.3, 0.4) is 0 Å². The second-order valence-corrected chi connectivity index (χ2v) is 3.56. The number of Topliss-reactive ketones (excluding diaryl/α,β-unsaturated/α-hetero) is 1. The molecular weight excluding hydrogens is 216 g/mol. The van der Waals surface area contributed by atoms with Gasteiger partial charge in [0.05, 0.1) is 6.61 Å². The van der Waals surface area contributed by atoms with Crippen LogP contribution in [0.1, 0.15) is 35.3 Å². The molecule has 17 heavy (non-hydrogen) atoms. The summed E-state index contributed by atoms with van der Waals surface area (Å²) in [5, 5.41) is 0. The molecule has 1 rings (SSSR count). The lowest BCUT2D eigenvalue weighted by molar-refractivity contribution is -0.136. The number of esters is 1. The molecule has 0 saturated heterocycles. The fourth-order valence-electron chi connectivity index (χ4n) is 1.43. The topological polar surface area (TPSA) is 43.4 Å². The zero-order valence-corrected chi connectivity index (χ0v) is 10.2. The van der Waals surface area contributed by atoms with Crippen LogP contribution in [0.2, 0.25) is 0 Å². The van der Waals surface area contributed by atoms with Crippen molar-refractivity contribution in [1.82, 2.24) is 0 Å². The van der Waals surface area contributed by atoms with Crippen LogP contribution in [0.5, 0.6) is 0 Å². The van der Waals surface area contributed by atoms with Gasteiger partial charge in [-0.1, -0.05) is 5.92 Å². The summed E-state index contributed by atoms with van der Waals surface area (Å²) >= 11 is 0. The van der Waals surface area contributed by atoms with Gasteiger partial charge in [-0.15, -0.1) is 0 Å². The molecule has 0 heterocycles. The minimum Gasteiger partial charge on any atom is -0.456 e. The molecule has 0 aliphatic carbocycles. The van der Waals surface area contributed by atoms with Crippen LogP contribution in [-0.4, -0.2) is 18.4 Å². The largest absolute Gasteiger partial charge is 0.456 e. The van der Waals surface area contributed by atoms with Crippen LogP contribution in [0.25, 0.3) is 0 Å². The lowest BCUT2D eigenvalue weighted by atomic mass is 10.0. The smallest absolute Gasteiger partial charge is 0.384 e. The number of ketones is 1. The van der Waals surface area contributed by atoms with Gasteiger partial charge in [0.2, 0.25) is 0 Å². The van der Waals surface area contributed by atoms with E-state index in [-0.39, 0.29) is 5.78 Å². The van der Waals surface area contributed by atoms with Crippen LogP contribution in [0.4, 0.5) is 0 Å². The molecule has 0 atom stereocenters. The van der Waals surface area contributed by atoms with Crippen molar-refractivity contribution in [2.75, 3.05) is 6.61 Å². The molecular formula is C14H14O3. The van der Waals surface area contributed by atoms with Gasteiger partial charge in [0.25, 0.3) is 0 Å². The lowest BCUT2D eigenvalue weighted by Crippen LogP contribution is -2.00. The SMILES string of the molecule is CCOC(=O)C#Cc1ccc(C(C)=O)c(C)c1. The molecule has 1 aromatic carbocycles. The Labute approximate surface area is 101 Å². The van der Waals surface area contributed by atoms with E-state index in [1.54, 1.807) is 25.1 Å². The quantitative estimate of drug-likeness (QED) is 0.444. The molecule has 0 aliphatic rings. The summed E-state index contributed by atoms with van der Waals surface area (Å²) in [7, 11) is 0. The highest BCUT2D eigenvalue weighted by Crippen LogP contribution is 2.10. The zero-order chi connectivity index (χ0) is 12.8. The molecule has 0 aliphatic heterocycles. The Hall–Kier alpha value is -2.08. The predicted molar refractivity (Wildman–Crippen MR) is 64.7 cm³/mol. The van der Waals surface area contributed by atoms with Crippen LogP contribution in [0, 0.1) is 18.8 Å². The maximum Gasteiger partial charge on any atom is 0.384 e. The fourth-order valence-corrected chi connectivity index (χ4v) is 1.43. The fraction of sp³-hybridized carbons (Fsp3) is 0.286. The second kappa shape index (κ2) is 5.86. The normalized spacial score (nSPS) is 9.12. The first-order valence-corrected chi connectivity index (χ1v) is 5.35. The summed E-state index contributed by atoms with van der Waals surface area (Å²) in [6.45, 7) is 5.40. The molecule has 88 valence electrons. The van der Waals surface area contributed by atoms with Crippen LogP contribution < -0.4 is 0 Å². The lowest BCUT2D eigenvalue weighted by Gasteiger charge is -2.01. The van der Waals surface area contributed by atoms with Crippen LogP contribution in [0.15, 0.2) is 18.2 Å². The first kappa shape index (κ1) is 13.0. The summed E-state index contributed by atoms with van der Waals surface area (Å²) in [6.07, 6.45) is 0. The van der Waals surface area contributed by atoms with Gasteiger partial charge >= 0.3 is 5.97 Å². The molecule has 0 saturated carbocycles. The minimum atomic E-state index is -0.541. The average molecular weight is 230 g/mol. The molecule has 0 radical (unpaired) electrons. The van der Waals surface area contributed by atoms with Crippen molar-refractivity contribution in [1.29, 1.82) is 0 Å². The van der Waals surface area contributed by atoms with Gasteiger partial charge in [-0.25, -0.2) is 4.79 Å². The highest BCUT2D eigenvalue weighted by Gasteiger charge is 2.03. The number of carbonyl (C=O) groups is 2. The van der Waals surface area contributed by atoms with Gasteiger partial charge in [-0.3, -0.25) is 4.79 Å². The summed E-state index contributed by atoms with van der Waals surface area (Å²) < 4.78 is 4.69. The first-order valence-electron chi connectivity index (χ1n) is 5.35. The molecule has 0 fully saturated rings. The van der Waals surface area contributed by atoms with Crippen molar-refractivity contribution in [3.8, 4) is 11.8 Å². The van der Waals surface area contributed by atoms with Gasteiger partial charge in [-0.05, 0) is 44.5 Å². The third-order valence-electron chi connectivity index (χ3n) is 2.19. The summed E-state index contributed by atoms with van der Waals surface area (Å²) in [5.74, 6) is 4.56. The molecule has 0 bridgehead atoms. The number of ether oxygens (including phenoxy) is 1. The number of aryl methyl sites for hydroxylation is 1. The molecule has 3 heteroatoms. The Morgan fingerprint density at radius 3 is 2.59 bits per heavy atom. The van der Waals surface area contributed by atoms with Gasteiger partial charge in [0.15, 0.2) is 5.78 Å². The maximum absolute atomic E-state index is 11.2. The first-order chi connectivity index (χ1) is 8.04. The summed E-state index contributed by atoms with van der Waals surface area (Å²) in [5.41, 5.74) is 2.22. The number of hydrogen-bond acceptors (Lipinski definition) is 3. The van der Waals surface area contributed by atoms with Gasteiger partial charge in [0.1, 0.15) is 0 Å². The number of carbonyl (C=O) groups excluding carboxylic acids is 2. The van der Waals surface area contributed by atoms with E-state index in [4.69, 9.17) is 0 Å².